The van der Waals surface area contributed by atoms with E-state index in [0.717, 1.165) is 17.7 Å². The molecule has 0 aliphatic rings. The van der Waals surface area contributed by atoms with E-state index >= 15 is 0 Å². The third kappa shape index (κ3) is 4.08. The van der Waals surface area contributed by atoms with Gasteiger partial charge in [0, 0.05) is 22.3 Å². The van der Waals surface area contributed by atoms with Gasteiger partial charge >= 0.3 is 6.18 Å². The molecule has 1 unspecified atom stereocenters. The first-order chi connectivity index (χ1) is 9.77. The summed E-state index contributed by atoms with van der Waals surface area (Å²) in [5, 5.41) is 3.35. The second-order valence-electron chi connectivity index (χ2n) is 5.17. The summed E-state index contributed by atoms with van der Waals surface area (Å²) < 4.78 is 37.5. The molecule has 1 atom stereocenters. The highest BCUT2D eigenvalue weighted by molar-refractivity contribution is 7.12. The normalized spacial score (nSPS) is 13.4. The molecule has 1 N–H and O–H groups in total. The van der Waals surface area contributed by atoms with E-state index in [9.17, 15) is 13.2 Å². The van der Waals surface area contributed by atoms with Crippen molar-refractivity contribution in [2.75, 3.05) is 0 Å². The van der Waals surface area contributed by atoms with Crippen LogP contribution in [0.3, 0.4) is 0 Å². The first-order valence-electron chi connectivity index (χ1n) is 6.74. The second kappa shape index (κ2) is 6.20. The summed E-state index contributed by atoms with van der Waals surface area (Å²) in [5.74, 6) is 0. The topological polar surface area (TPSA) is 12.0 Å². The van der Waals surface area contributed by atoms with Crippen molar-refractivity contribution < 1.29 is 13.2 Å². The van der Waals surface area contributed by atoms with Crippen LogP contribution in [-0.4, -0.2) is 0 Å². The molecule has 0 fully saturated rings. The molecule has 0 saturated carbocycles. The van der Waals surface area contributed by atoms with Gasteiger partial charge in [0.1, 0.15) is 0 Å². The van der Waals surface area contributed by atoms with Crippen LogP contribution in [0.1, 0.15) is 39.4 Å². The summed E-state index contributed by atoms with van der Waals surface area (Å²) in [4.78, 5) is 2.55. The zero-order valence-electron chi connectivity index (χ0n) is 12.2. The molecule has 114 valence electrons. The van der Waals surface area contributed by atoms with Gasteiger partial charge in [-0.3, -0.25) is 0 Å². The highest BCUT2D eigenvalue weighted by Gasteiger charge is 2.29. The highest BCUT2D eigenvalue weighted by Crippen LogP contribution is 2.29. The Morgan fingerprint density at radius 2 is 1.76 bits per heavy atom. The average molecular weight is 313 g/mol. The Kier molecular flexibility index (Phi) is 4.74. The number of hydrogen-bond donors (Lipinski definition) is 1. The number of nitrogens with one attached hydrogen (secondary N) is 1. The Morgan fingerprint density at radius 3 is 2.24 bits per heavy atom. The van der Waals surface area contributed by atoms with Gasteiger partial charge in [0.05, 0.1) is 5.56 Å². The van der Waals surface area contributed by atoms with Crippen molar-refractivity contribution >= 4 is 11.3 Å². The summed E-state index contributed by atoms with van der Waals surface area (Å²) >= 11 is 1.76. The van der Waals surface area contributed by atoms with Crippen molar-refractivity contribution in [2.24, 2.45) is 0 Å². The van der Waals surface area contributed by atoms with E-state index in [4.69, 9.17) is 0 Å². The summed E-state index contributed by atoms with van der Waals surface area (Å²) in [6.07, 6.45) is -4.27. The molecule has 0 saturated heterocycles. The smallest absolute Gasteiger partial charge is 0.306 e. The van der Waals surface area contributed by atoms with Crippen molar-refractivity contribution in [3.05, 3.63) is 56.8 Å². The molecule has 2 aromatic rings. The number of aryl methyl sites for hydroxylation is 2. The minimum atomic E-state index is -4.27. The zero-order valence-corrected chi connectivity index (χ0v) is 13.0. The molecule has 21 heavy (non-hydrogen) atoms. The molecule has 0 aliphatic heterocycles. The number of halogens is 3. The molecule has 0 radical (unpaired) electrons. The number of thiophene rings is 1. The molecular weight excluding hydrogens is 295 g/mol. The highest BCUT2D eigenvalue weighted by atomic mass is 32.1. The SMILES string of the molecule is Cc1cc(C(C)NCc2ccc(C(F)(F)F)cc2)c(C)s1. The van der Waals surface area contributed by atoms with E-state index in [1.54, 1.807) is 11.3 Å². The quantitative estimate of drug-likeness (QED) is 0.814. The fourth-order valence-electron chi connectivity index (χ4n) is 2.27. The maximum Gasteiger partial charge on any atom is 0.416 e. The van der Waals surface area contributed by atoms with Crippen molar-refractivity contribution in [3.63, 3.8) is 0 Å². The van der Waals surface area contributed by atoms with Crippen molar-refractivity contribution in [2.45, 2.75) is 39.5 Å². The monoisotopic (exact) mass is 313 g/mol. The largest absolute Gasteiger partial charge is 0.416 e. The standard InChI is InChI=1S/C16H18F3NS/c1-10-8-15(12(3)21-10)11(2)20-9-13-4-6-14(7-5-13)16(17,18)19/h4-8,11,20H,9H2,1-3H3. The van der Waals surface area contributed by atoms with Gasteiger partial charge in [-0.05, 0) is 50.1 Å². The maximum absolute atomic E-state index is 12.5. The van der Waals surface area contributed by atoms with Gasteiger partial charge in [0.2, 0.25) is 0 Å². The van der Waals surface area contributed by atoms with E-state index in [-0.39, 0.29) is 6.04 Å². The lowest BCUT2D eigenvalue weighted by Gasteiger charge is -2.14. The van der Waals surface area contributed by atoms with E-state index in [1.807, 2.05) is 0 Å². The Morgan fingerprint density at radius 1 is 1.14 bits per heavy atom. The zero-order chi connectivity index (χ0) is 15.6. The summed E-state index contributed by atoms with van der Waals surface area (Å²) in [5.41, 5.74) is 1.49. The van der Waals surface area contributed by atoms with Crippen LogP contribution >= 0.6 is 11.3 Å². The van der Waals surface area contributed by atoms with Crippen molar-refractivity contribution in [1.82, 2.24) is 5.32 Å². The molecular formula is C16H18F3NS. The van der Waals surface area contributed by atoms with E-state index in [2.05, 4.69) is 32.2 Å². The summed E-state index contributed by atoms with van der Waals surface area (Å²) in [6, 6.07) is 7.63. The Balaban J connectivity index is 1.98. The number of hydrogen-bond acceptors (Lipinski definition) is 2. The number of rotatable bonds is 4. The van der Waals surface area contributed by atoms with Gasteiger partial charge < -0.3 is 5.32 Å². The van der Waals surface area contributed by atoms with Gasteiger partial charge in [-0.2, -0.15) is 13.2 Å². The molecule has 2 rings (SSSR count). The predicted octanol–water partition coefficient (Wildman–Crippen LogP) is 5.23. The minimum absolute atomic E-state index is 0.178. The molecule has 0 spiro atoms. The van der Waals surface area contributed by atoms with Crippen LogP contribution in [0.5, 0.6) is 0 Å². The van der Waals surface area contributed by atoms with Gasteiger partial charge in [-0.1, -0.05) is 12.1 Å². The van der Waals surface area contributed by atoms with E-state index < -0.39 is 11.7 Å². The Labute approximate surface area is 126 Å². The fraction of sp³-hybridized carbons (Fsp3) is 0.375. The van der Waals surface area contributed by atoms with Crippen molar-refractivity contribution in [3.8, 4) is 0 Å². The molecule has 1 nitrogen and oxygen atoms in total. The Hall–Kier alpha value is -1.33. The van der Waals surface area contributed by atoms with Crippen LogP contribution in [0.15, 0.2) is 30.3 Å². The molecule has 5 heteroatoms. The average Bonchev–Trinajstić information content (AvgIpc) is 2.74. The van der Waals surface area contributed by atoms with Crippen LogP contribution in [-0.2, 0) is 12.7 Å². The lowest BCUT2D eigenvalue weighted by molar-refractivity contribution is -0.137. The van der Waals surface area contributed by atoms with Gasteiger partial charge in [0.25, 0.3) is 0 Å². The molecule has 1 aromatic heterocycles. The van der Waals surface area contributed by atoms with Crippen LogP contribution in [0.2, 0.25) is 0 Å². The predicted molar refractivity (Wildman–Crippen MR) is 80.5 cm³/mol. The van der Waals surface area contributed by atoms with Crippen LogP contribution in [0.4, 0.5) is 13.2 Å². The molecule has 0 bridgehead atoms. The maximum atomic E-state index is 12.5. The first kappa shape index (κ1) is 16.0. The number of alkyl halides is 3. The van der Waals surface area contributed by atoms with Crippen LogP contribution in [0.25, 0.3) is 0 Å². The fourth-order valence-corrected chi connectivity index (χ4v) is 3.30. The minimum Gasteiger partial charge on any atom is -0.306 e. The Bertz CT molecular complexity index is 599. The second-order valence-corrected chi connectivity index (χ2v) is 6.63. The molecule has 0 amide bonds. The molecule has 1 aromatic carbocycles. The third-order valence-corrected chi connectivity index (χ3v) is 4.42. The van der Waals surface area contributed by atoms with E-state index in [1.165, 1.54) is 27.5 Å². The van der Waals surface area contributed by atoms with Gasteiger partial charge in [-0.15, -0.1) is 11.3 Å². The molecule has 1 heterocycles. The van der Waals surface area contributed by atoms with Crippen LogP contribution < -0.4 is 5.32 Å². The van der Waals surface area contributed by atoms with E-state index in [0.29, 0.717) is 6.54 Å². The first-order valence-corrected chi connectivity index (χ1v) is 7.55. The third-order valence-electron chi connectivity index (χ3n) is 3.44. The summed E-state index contributed by atoms with van der Waals surface area (Å²) in [7, 11) is 0. The lowest BCUT2D eigenvalue weighted by Crippen LogP contribution is -2.18. The van der Waals surface area contributed by atoms with Gasteiger partial charge in [0.15, 0.2) is 0 Å². The van der Waals surface area contributed by atoms with Crippen molar-refractivity contribution in [1.29, 1.82) is 0 Å². The summed E-state index contributed by atoms with van der Waals surface area (Å²) in [6.45, 7) is 6.78. The number of benzene rings is 1. The molecule has 0 aliphatic carbocycles. The van der Waals surface area contributed by atoms with Gasteiger partial charge in [-0.25, -0.2) is 0 Å². The van der Waals surface area contributed by atoms with Crippen LogP contribution in [0, 0.1) is 13.8 Å². The lowest BCUT2D eigenvalue weighted by atomic mass is 10.1.